The van der Waals surface area contributed by atoms with E-state index in [4.69, 9.17) is 20.5 Å². The zero-order valence-corrected chi connectivity index (χ0v) is 17.7. The van der Waals surface area contributed by atoms with Crippen LogP contribution in [-0.2, 0) is 9.47 Å². The summed E-state index contributed by atoms with van der Waals surface area (Å²) in [6.07, 6.45) is 9.64. The van der Waals surface area contributed by atoms with E-state index in [1.165, 1.54) is 6.20 Å². The van der Waals surface area contributed by atoms with Crippen molar-refractivity contribution in [1.82, 2.24) is 40.6 Å². The first-order valence-electron chi connectivity index (χ1n) is 9.17. The van der Waals surface area contributed by atoms with Gasteiger partial charge in [-0.3, -0.25) is 0 Å². The third-order valence-corrected chi connectivity index (χ3v) is 3.20. The number of hydrogen-bond acceptors (Lipinski definition) is 11. The quantitative estimate of drug-likeness (QED) is 0.440. The average molecular weight is 436 g/mol. The molecule has 0 saturated heterocycles. The first-order valence-corrected chi connectivity index (χ1v) is 9.17. The van der Waals surface area contributed by atoms with Gasteiger partial charge in [-0.25, -0.2) is 4.98 Å². The fourth-order valence-corrected chi connectivity index (χ4v) is 1.74. The Morgan fingerprint density at radius 1 is 0.906 bits per heavy atom. The second-order valence-electron chi connectivity index (χ2n) is 5.32. The molecular weight excluding hydrogens is 412 g/mol. The van der Waals surface area contributed by atoms with Gasteiger partial charge in [-0.15, -0.1) is 10.2 Å². The number of nitrogens with zero attached hydrogens (tertiary/aromatic N) is 8. The number of aromatic nitrogens is 8. The summed E-state index contributed by atoms with van der Waals surface area (Å²) in [4.78, 5) is 6.97. The van der Waals surface area contributed by atoms with Crippen LogP contribution in [0.4, 0.5) is 0 Å². The Bertz CT molecular complexity index is 916. The largest absolute Gasteiger partial charge is 0.355 e. The van der Waals surface area contributed by atoms with E-state index in [0.29, 0.717) is 12.2 Å². The van der Waals surface area contributed by atoms with E-state index in [1.54, 1.807) is 57.3 Å². The van der Waals surface area contributed by atoms with Crippen LogP contribution in [0.5, 0.6) is 0 Å². The number of ether oxygens (including phenoxy) is 2. The Hall–Kier alpha value is -4.18. The fourth-order valence-electron chi connectivity index (χ4n) is 1.74. The van der Waals surface area contributed by atoms with Gasteiger partial charge >= 0.3 is 0 Å². The molecule has 0 unspecified atom stereocenters. The van der Waals surface area contributed by atoms with Gasteiger partial charge in [-0.05, 0) is 36.4 Å². The molecule has 0 atom stereocenters. The van der Waals surface area contributed by atoms with Crippen molar-refractivity contribution in [2.45, 2.75) is 6.29 Å². The van der Waals surface area contributed by atoms with Gasteiger partial charge in [0, 0.05) is 57.9 Å². The second kappa shape index (κ2) is 17.7. The van der Waals surface area contributed by atoms with Gasteiger partial charge in [-0.2, -0.15) is 25.7 Å². The zero-order valence-electron chi connectivity index (χ0n) is 17.7. The van der Waals surface area contributed by atoms with Gasteiger partial charge in [0.2, 0.25) is 0 Å². The number of nitrogens with two attached hydrogens (primary N) is 1. The monoisotopic (exact) mass is 436 g/mol. The molecule has 4 aromatic heterocycles. The highest BCUT2D eigenvalue weighted by Crippen LogP contribution is 2.07. The van der Waals surface area contributed by atoms with Gasteiger partial charge in [0.05, 0.1) is 0 Å². The number of imidazole rings is 1. The Labute approximate surface area is 185 Å². The third-order valence-electron chi connectivity index (χ3n) is 3.20. The second-order valence-corrected chi connectivity index (χ2v) is 5.32. The Balaban J connectivity index is 0.000000220. The first kappa shape index (κ1) is 25.9. The lowest BCUT2D eigenvalue weighted by Gasteiger charge is -2.08. The summed E-state index contributed by atoms with van der Waals surface area (Å²) < 4.78 is 9.40. The van der Waals surface area contributed by atoms with Gasteiger partial charge in [0.25, 0.3) is 0 Å². The van der Waals surface area contributed by atoms with Crippen molar-refractivity contribution in [1.29, 1.82) is 5.26 Å². The van der Waals surface area contributed by atoms with Crippen molar-refractivity contribution in [3.8, 4) is 17.6 Å². The standard InChI is InChI=1S/C7H6N4.C5H3N3.C4H4N2.C4H11NO2/c1-2-6(11-10-3-1)7-8-4-5-9-7;6-4-5-2-1-3-7-8-5;1-2-4-6-5-3-1;1-6-4(3-5)7-2/h1-5H,(H,8,9);1-3H;1-4H;4H,3,5H2,1-2H3. The van der Waals surface area contributed by atoms with Crippen LogP contribution >= 0.6 is 0 Å². The van der Waals surface area contributed by atoms with E-state index in [2.05, 4.69) is 40.6 Å². The van der Waals surface area contributed by atoms with Crippen LogP contribution in [0.3, 0.4) is 0 Å². The molecule has 0 spiro atoms. The molecule has 0 aliphatic carbocycles. The lowest BCUT2D eigenvalue weighted by molar-refractivity contribution is -0.0940. The molecule has 0 radical (unpaired) electrons. The summed E-state index contributed by atoms with van der Waals surface area (Å²) in [6, 6.07) is 12.5. The third kappa shape index (κ3) is 11.7. The van der Waals surface area contributed by atoms with Crippen molar-refractivity contribution in [2.24, 2.45) is 5.73 Å². The number of rotatable bonds is 4. The molecule has 0 aromatic carbocycles. The minimum Gasteiger partial charge on any atom is -0.355 e. The predicted octanol–water partition coefficient (Wildman–Crippen LogP) is 1.26. The van der Waals surface area contributed by atoms with Gasteiger partial charge < -0.3 is 20.2 Å². The summed E-state index contributed by atoms with van der Waals surface area (Å²) in [5.41, 5.74) is 6.26. The van der Waals surface area contributed by atoms with Gasteiger partial charge in [0.1, 0.15) is 11.8 Å². The normalized spacial score (nSPS) is 9.09. The minimum atomic E-state index is -0.236. The topological polar surface area (TPSA) is 174 Å². The molecule has 0 amide bonds. The number of methoxy groups -OCH3 is 2. The number of nitrogens with one attached hydrogen (secondary N) is 1. The Kier molecular flexibility index (Phi) is 14.3. The molecule has 0 bridgehead atoms. The molecule has 12 nitrogen and oxygen atoms in total. The number of hydrogen-bond donors (Lipinski definition) is 2. The summed E-state index contributed by atoms with van der Waals surface area (Å²) in [7, 11) is 3.11. The van der Waals surface area contributed by atoms with Gasteiger partial charge in [0.15, 0.2) is 17.8 Å². The molecule has 0 saturated carbocycles. The maximum absolute atomic E-state index is 8.19. The van der Waals surface area contributed by atoms with Crippen LogP contribution in [0.2, 0.25) is 0 Å². The predicted molar refractivity (Wildman–Crippen MR) is 115 cm³/mol. The minimum absolute atomic E-state index is 0.236. The van der Waals surface area contributed by atoms with Crippen molar-refractivity contribution in [3.05, 3.63) is 79.3 Å². The summed E-state index contributed by atoms with van der Waals surface area (Å²) in [5, 5.41) is 29.8. The number of aromatic amines is 1. The fraction of sp³-hybridized carbons (Fsp3) is 0.200. The summed E-state index contributed by atoms with van der Waals surface area (Å²) in [5.74, 6) is 0.748. The van der Waals surface area contributed by atoms with Crippen LogP contribution in [0.25, 0.3) is 11.5 Å². The molecule has 4 heterocycles. The lowest BCUT2D eigenvalue weighted by atomic mass is 10.4. The summed E-state index contributed by atoms with van der Waals surface area (Å²) >= 11 is 0. The van der Waals surface area contributed by atoms with E-state index in [0.717, 1.165) is 11.5 Å². The molecule has 0 aliphatic heterocycles. The maximum atomic E-state index is 8.19. The van der Waals surface area contributed by atoms with Crippen LogP contribution in [0.1, 0.15) is 5.69 Å². The van der Waals surface area contributed by atoms with Crippen LogP contribution < -0.4 is 5.73 Å². The van der Waals surface area contributed by atoms with E-state index in [1.807, 2.05) is 30.3 Å². The van der Waals surface area contributed by atoms with Crippen LogP contribution in [0, 0.1) is 11.3 Å². The molecule has 4 rings (SSSR count). The highest BCUT2D eigenvalue weighted by Gasteiger charge is 1.98. The Morgan fingerprint density at radius 2 is 1.53 bits per heavy atom. The highest BCUT2D eigenvalue weighted by molar-refractivity contribution is 5.46. The van der Waals surface area contributed by atoms with Crippen LogP contribution in [0.15, 0.2) is 73.6 Å². The highest BCUT2D eigenvalue weighted by atomic mass is 16.7. The number of nitriles is 1. The van der Waals surface area contributed by atoms with Gasteiger partial charge in [-0.1, -0.05) is 0 Å². The average Bonchev–Trinajstić information content (AvgIpc) is 3.44. The zero-order chi connectivity index (χ0) is 23.3. The smallest absolute Gasteiger partial charge is 0.168 e. The molecule has 0 fully saturated rings. The van der Waals surface area contributed by atoms with Crippen molar-refractivity contribution in [2.75, 3.05) is 20.8 Å². The molecular formula is C20H24N10O2. The summed E-state index contributed by atoms with van der Waals surface area (Å²) in [6.45, 7) is 0.410. The SMILES string of the molecule is COC(CN)OC.N#Cc1cccnn1.c1ccnnc1.c1cnnc(-c2ncc[nH]2)c1. The van der Waals surface area contributed by atoms with E-state index >= 15 is 0 Å². The van der Waals surface area contributed by atoms with Crippen molar-refractivity contribution in [3.63, 3.8) is 0 Å². The maximum Gasteiger partial charge on any atom is 0.168 e. The molecule has 166 valence electrons. The van der Waals surface area contributed by atoms with E-state index < -0.39 is 0 Å². The van der Waals surface area contributed by atoms with Crippen molar-refractivity contribution >= 4 is 0 Å². The molecule has 4 aromatic rings. The van der Waals surface area contributed by atoms with E-state index in [9.17, 15) is 0 Å². The van der Waals surface area contributed by atoms with Crippen molar-refractivity contribution < 1.29 is 9.47 Å². The molecule has 0 aliphatic rings. The lowest BCUT2D eigenvalue weighted by Crippen LogP contribution is -2.23. The molecule has 12 heteroatoms. The molecule has 3 N–H and O–H groups in total. The Morgan fingerprint density at radius 3 is 1.84 bits per heavy atom. The first-order chi connectivity index (χ1) is 15.7. The molecule has 32 heavy (non-hydrogen) atoms. The number of H-pyrrole nitrogens is 1. The van der Waals surface area contributed by atoms with Crippen LogP contribution in [-0.4, -0.2) is 67.6 Å². The van der Waals surface area contributed by atoms with E-state index in [-0.39, 0.29) is 6.29 Å².